The van der Waals surface area contributed by atoms with E-state index in [1.807, 2.05) is 36.4 Å². The van der Waals surface area contributed by atoms with Gasteiger partial charge in [0.15, 0.2) is 0 Å². The lowest BCUT2D eigenvalue weighted by molar-refractivity contribution is 0.251. The predicted molar refractivity (Wildman–Crippen MR) is 165 cm³/mol. The molecule has 6 aliphatic heterocycles. The second-order valence-electron chi connectivity index (χ2n) is 10.9. The van der Waals surface area contributed by atoms with Crippen LogP contribution in [0.2, 0.25) is 0 Å². The van der Waals surface area contributed by atoms with Crippen LogP contribution in [0.15, 0.2) is 165 Å². The first-order valence-electron chi connectivity index (χ1n) is 13.8. The first-order valence-corrected chi connectivity index (χ1v) is 13.8. The third kappa shape index (κ3) is 3.51. The monoisotopic (exact) mass is 506 g/mol. The normalized spacial score (nSPS) is 19.2. The summed E-state index contributed by atoms with van der Waals surface area (Å²) in [5, 5.41) is 0. The average molecular weight is 506 g/mol. The zero-order chi connectivity index (χ0) is 26.8. The lowest BCUT2D eigenvalue weighted by Crippen LogP contribution is -2.66. The Bertz CT molecular complexity index is 1780. The molecule has 4 heteroatoms. The summed E-state index contributed by atoms with van der Waals surface area (Å²) in [6, 6.07) is 20.5. The maximum absolute atomic E-state index is 3.53. The van der Waals surface area contributed by atoms with Crippen LogP contribution in [0.1, 0.15) is 25.0 Å². The molecule has 0 bridgehead atoms. The molecule has 0 atom stereocenters. The molecule has 0 radical (unpaired) electrons. The van der Waals surface area contributed by atoms with E-state index in [0.717, 1.165) is 22.3 Å². The fraction of sp³-hybridized carbons (Fsp3) is 0.0556. The highest BCUT2D eigenvalue weighted by molar-refractivity contribution is 6.86. The van der Waals surface area contributed by atoms with Crippen molar-refractivity contribution in [2.24, 2.45) is 0 Å². The molecule has 0 unspecified atom stereocenters. The van der Waals surface area contributed by atoms with Crippen LogP contribution in [0.4, 0.5) is 0 Å². The summed E-state index contributed by atoms with van der Waals surface area (Å²) >= 11 is 0. The van der Waals surface area contributed by atoms with Gasteiger partial charge in [-0.1, -0.05) is 106 Å². The van der Waals surface area contributed by atoms with Crippen molar-refractivity contribution < 1.29 is 0 Å². The third-order valence-corrected chi connectivity index (χ3v) is 8.16. The average Bonchev–Trinajstić information content (AvgIpc) is 2.98. The summed E-state index contributed by atoms with van der Waals surface area (Å²) in [5.74, 6) is 13.9. The molecule has 0 aromatic heterocycles. The number of allylic oxidation sites excluding steroid dienone is 16. The van der Waals surface area contributed by atoms with Gasteiger partial charge < -0.3 is 9.84 Å². The first-order chi connectivity index (χ1) is 19.6. The first kappa shape index (κ1) is 22.9. The number of nitrogens with zero attached hydrogens (tertiary/aromatic N) is 2. The van der Waals surface area contributed by atoms with Crippen molar-refractivity contribution in [2.45, 2.75) is 13.8 Å². The highest BCUT2D eigenvalue weighted by Crippen LogP contribution is 2.49. The molecule has 1 saturated heterocycles. The molecule has 6 heterocycles. The van der Waals surface area contributed by atoms with Gasteiger partial charge in [0, 0.05) is 33.7 Å². The quantitative estimate of drug-likeness (QED) is 0.298. The Morgan fingerprint density at radius 1 is 0.500 bits per heavy atom. The van der Waals surface area contributed by atoms with Gasteiger partial charge in [0.25, 0.3) is 0 Å². The van der Waals surface area contributed by atoms with Gasteiger partial charge in [-0.15, -0.1) is 0 Å². The van der Waals surface area contributed by atoms with Gasteiger partial charge in [0.1, 0.15) is 0 Å². The molecule has 0 aliphatic carbocycles. The van der Waals surface area contributed by atoms with Gasteiger partial charge in [-0.3, -0.25) is 0 Å². The van der Waals surface area contributed by atoms with Crippen LogP contribution < -0.4 is 0 Å². The van der Waals surface area contributed by atoms with E-state index < -0.39 is 0 Å². The highest BCUT2D eigenvalue weighted by atomic mass is 15.6. The molecule has 0 amide bonds. The van der Waals surface area contributed by atoms with Gasteiger partial charge in [-0.2, -0.15) is 0 Å². The molecular formula is C36H24B2N2. The number of hydrogen-bond donors (Lipinski definition) is 0. The predicted octanol–water partition coefficient (Wildman–Crippen LogP) is 6.49. The van der Waals surface area contributed by atoms with E-state index >= 15 is 0 Å². The number of rotatable bonds is 0. The molecule has 6 aliphatic rings. The van der Waals surface area contributed by atoms with Crippen molar-refractivity contribution in [3.05, 3.63) is 176 Å². The highest BCUT2D eigenvalue weighted by Gasteiger charge is 2.54. The van der Waals surface area contributed by atoms with Crippen molar-refractivity contribution in [2.75, 3.05) is 0 Å². The minimum absolute atomic E-state index is 0.0868. The molecule has 0 spiro atoms. The molecule has 2 aromatic rings. The minimum atomic E-state index is 0.0868. The van der Waals surface area contributed by atoms with E-state index in [1.165, 1.54) is 44.4 Å². The topological polar surface area (TPSA) is 6.48 Å². The van der Waals surface area contributed by atoms with E-state index in [1.54, 1.807) is 0 Å². The largest absolute Gasteiger partial charge is 0.345 e. The van der Waals surface area contributed by atoms with Gasteiger partial charge in [0.05, 0.1) is 0 Å². The van der Waals surface area contributed by atoms with E-state index in [4.69, 9.17) is 0 Å². The Hall–Kier alpha value is -5.05. The summed E-state index contributed by atoms with van der Waals surface area (Å²) in [6.45, 7) is 4.57. The molecule has 0 N–H and O–H groups in total. The SMILES string of the molecule is CC1=CC2=C(C#Cc3ccccc3)C=C3C=CC4=CC(C#Cc5ccccc5)=C5C=C(C)C=C6B5N4N3B2C6=C1. The Balaban J connectivity index is 1.33. The standard InChI is InChI=1S/C36H24B2N2/c1-25-19-33-29(15-13-27-9-5-3-6-10-27)23-31-17-18-32-24-30(16-14-28-11-7-4-8-12-28)34-20-26(2)22-36-35(21-25)37(33)39(31)40(32)38(34)36/h3-12,17-24H,1-2H3. The number of hydrazine groups is 1. The summed E-state index contributed by atoms with van der Waals surface area (Å²) in [6.07, 6.45) is 18.4. The van der Waals surface area contributed by atoms with Crippen LogP contribution in [-0.4, -0.2) is 23.5 Å². The van der Waals surface area contributed by atoms with Crippen LogP contribution in [0.3, 0.4) is 0 Å². The second-order valence-corrected chi connectivity index (χ2v) is 10.9. The zero-order valence-corrected chi connectivity index (χ0v) is 22.4. The molecule has 1 fully saturated rings. The van der Waals surface area contributed by atoms with Crippen molar-refractivity contribution in [3.8, 4) is 23.7 Å². The fourth-order valence-electron chi connectivity index (χ4n) is 6.52. The Kier molecular flexibility index (Phi) is 5.00. The zero-order valence-electron chi connectivity index (χ0n) is 22.4. The van der Waals surface area contributed by atoms with Gasteiger partial charge >= 0.3 is 13.7 Å². The molecule has 40 heavy (non-hydrogen) atoms. The van der Waals surface area contributed by atoms with Crippen LogP contribution in [-0.2, 0) is 0 Å². The molecule has 2 aromatic carbocycles. The third-order valence-electron chi connectivity index (χ3n) is 8.16. The minimum Gasteiger partial charge on any atom is -0.329 e. The number of hydrogen-bond acceptors (Lipinski definition) is 2. The summed E-state index contributed by atoms with van der Waals surface area (Å²) < 4.78 is 0. The van der Waals surface area contributed by atoms with Crippen molar-refractivity contribution in [1.82, 2.24) is 9.84 Å². The second kappa shape index (κ2) is 8.74. The summed E-state index contributed by atoms with van der Waals surface area (Å²) in [7, 11) is 0. The summed E-state index contributed by atoms with van der Waals surface area (Å²) in [5.41, 5.74) is 14.3. The van der Waals surface area contributed by atoms with Gasteiger partial charge in [-0.05, 0) is 73.4 Å². The summed E-state index contributed by atoms with van der Waals surface area (Å²) in [4.78, 5) is 4.98. The van der Waals surface area contributed by atoms with E-state index in [-0.39, 0.29) is 13.7 Å². The van der Waals surface area contributed by atoms with Crippen LogP contribution in [0.25, 0.3) is 0 Å². The molecular weight excluding hydrogens is 482 g/mol. The lowest BCUT2D eigenvalue weighted by Gasteiger charge is -2.57. The van der Waals surface area contributed by atoms with Gasteiger partial charge in [0.2, 0.25) is 0 Å². The Labute approximate surface area is 236 Å². The lowest BCUT2D eigenvalue weighted by atomic mass is 9.30. The van der Waals surface area contributed by atoms with E-state index in [9.17, 15) is 0 Å². The van der Waals surface area contributed by atoms with Crippen molar-refractivity contribution >= 4 is 13.7 Å². The van der Waals surface area contributed by atoms with Crippen molar-refractivity contribution in [3.63, 3.8) is 0 Å². The molecule has 0 saturated carbocycles. The maximum atomic E-state index is 3.53. The van der Waals surface area contributed by atoms with E-state index in [2.05, 4.69) is 120 Å². The van der Waals surface area contributed by atoms with Crippen LogP contribution >= 0.6 is 0 Å². The molecule has 8 rings (SSSR count). The fourth-order valence-corrected chi connectivity index (χ4v) is 6.52. The Morgan fingerprint density at radius 3 is 1.35 bits per heavy atom. The number of benzene rings is 2. The maximum Gasteiger partial charge on any atom is 0.345 e. The van der Waals surface area contributed by atoms with E-state index in [0.29, 0.717) is 0 Å². The van der Waals surface area contributed by atoms with Crippen molar-refractivity contribution in [1.29, 1.82) is 0 Å². The Morgan fingerprint density at radius 2 is 0.925 bits per heavy atom. The number of fused-ring (bicyclic) bond motifs is 1. The molecule has 2 nitrogen and oxygen atoms in total. The van der Waals surface area contributed by atoms with Crippen LogP contribution in [0, 0.1) is 23.7 Å². The smallest absolute Gasteiger partial charge is 0.329 e. The van der Waals surface area contributed by atoms with Gasteiger partial charge in [-0.25, -0.2) is 0 Å². The van der Waals surface area contributed by atoms with Crippen LogP contribution in [0.5, 0.6) is 0 Å². The molecule has 184 valence electrons.